The summed E-state index contributed by atoms with van der Waals surface area (Å²) in [6, 6.07) is 12.6. The lowest BCUT2D eigenvalue weighted by Gasteiger charge is -2.39. The molecule has 0 spiro atoms. The van der Waals surface area contributed by atoms with Gasteiger partial charge in [-0.25, -0.2) is 15.4 Å². The van der Waals surface area contributed by atoms with Gasteiger partial charge in [0.25, 0.3) is 5.91 Å². The number of amides is 1. The number of piperazine rings is 1. The monoisotopic (exact) mass is 610 g/mol. The molecule has 5 aliphatic rings. The Balaban J connectivity index is 1.17. The molecule has 2 aromatic carbocycles. The predicted octanol–water partition coefficient (Wildman–Crippen LogP) is 5.33. The highest BCUT2D eigenvalue weighted by molar-refractivity contribution is 5.94. The molecular formula is C35H36F2N6O2. The van der Waals surface area contributed by atoms with Crippen LogP contribution in [0.25, 0.3) is 26.9 Å². The summed E-state index contributed by atoms with van der Waals surface area (Å²) in [6.45, 7) is 13.3. The molecule has 1 saturated carbocycles. The lowest BCUT2D eigenvalue weighted by Crippen LogP contribution is -2.56. The van der Waals surface area contributed by atoms with Gasteiger partial charge in [0.1, 0.15) is 24.6 Å². The van der Waals surface area contributed by atoms with Crippen molar-refractivity contribution < 1.29 is 18.3 Å². The lowest BCUT2D eigenvalue weighted by molar-refractivity contribution is -0.131. The van der Waals surface area contributed by atoms with Gasteiger partial charge in [0.2, 0.25) is 6.54 Å². The Morgan fingerprint density at radius 2 is 2.07 bits per heavy atom. The normalized spacial score (nSPS) is 28.5. The summed E-state index contributed by atoms with van der Waals surface area (Å²) in [6.07, 6.45) is 3.90. The Kier molecular flexibility index (Phi) is 6.79. The number of anilines is 1. The highest BCUT2D eigenvalue weighted by Gasteiger charge is 2.49. The molecule has 45 heavy (non-hydrogen) atoms. The predicted molar refractivity (Wildman–Crippen MR) is 168 cm³/mol. The summed E-state index contributed by atoms with van der Waals surface area (Å²) in [5, 5.41) is 0.838. The molecule has 4 heterocycles. The topological polar surface area (TPSA) is 66.2 Å². The Morgan fingerprint density at radius 3 is 2.91 bits per heavy atom. The van der Waals surface area contributed by atoms with E-state index in [1.165, 1.54) is 28.0 Å². The molecule has 4 fully saturated rings. The number of rotatable bonds is 7. The second-order valence-electron chi connectivity index (χ2n) is 13.5. The van der Waals surface area contributed by atoms with Gasteiger partial charge in [0.15, 0.2) is 5.83 Å². The first-order chi connectivity index (χ1) is 21.8. The van der Waals surface area contributed by atoms with E-state index in [0.717, 1.165) is 48.2 Å². The lowest BCUT2D eigenvalue weighted by atomic mass is 9.94. The molecule has 3 saturated heterocycles. The first-order valence-electron chi connectivity index (χ1n) is 16.0. The average Bonchev–Trinajstić information content (AvgIpc) is 3.36. The number of carbonyl (C=O) groups is 1. The average molecular weight is 611 g/mol. The summed E-state index contributed by atoms with van der Waals surface area (Å²) >= 11 is 0. The SMILES string of the molecule is [C-]#[N+]C[C@H]1CN(c2nc(OCC34CCCN3C[C@H](F)C4)nc3cc(-c4cccc5c4[C@H]4C[C@H]4C5)ccc23)CCN1C(=O)C(=C)F. The zero-order valence-electron chi connectivity index (χ0n) is 25.2. The molecule has 0 bridgehead atoms. The molecule has 3 aromatic rings. The molecule has 1 aromatic heterocycles. The number of nitrogens with zero attached hydrogens (tertiary/aromatic N) is 6. The highest BCUT2D eigenvalue weighted by atomic mass is 19.1. The zero-order valence-corrected chi connectivity index (χ0v) is 25.2. The minimum atomic E-state index is -1.03. The smallest absolute Gasteiger partial charge is 0.319 e. The molecular weight excluding hydrogens is 574 g/mol. The van der Waals surface area contributed by atoms with E-state index in [2.05, 4.69) is 52.7 Å². The molecule has 232 valence electrons. The van der Waals surface area contributed by atoms with Gasteiger partial charge in [-0.05, 0) is 78.5 Å². The second kappa shape index (κ2) is 10.8. The van der Waals surface area contributed by atoms with Crippen LogP contribution >= 0.6 is 0 Å². The Morgan fingerprint density at radius 1 is 1.18 bits per heavy atom. The van der Waals surface area contributed by atoms with Crippen molar-refractivity contribution >= 4 is 22.6 Å². The summed E-state index contributed by atoms with van der Waals surface area (Å²) < 4.78 is 34.7. The van der Waals surface area contributed by atoms with Gasteiger partial charge in [0.05, 0.1) is 11.1 Å². The number of alkyl halides is 1. The van der Waals surface area contributed by atoms with Crippen molar-refractivity contribution in [3.63, 3.8) is 0 Å². The minimum Gasteiger partial charge on any atom is -0.461 e. The Bertz CT molecular complexity index is 1760. The van der Waals surface area contributed by atoms with E-state index in [1.54, 1.807) is 0 Å². The maximum atomic E-state index is 14.5. The number of aromatic nitrogens is 2. The van der Waals surface area contributed by atoms with Gasteiger partial charge in [-0.15, -0.1) is 0 Å². The third-order valence-corrected chi connectivity index (χ3v) is 10.7. The van der Waals surface area contributed by atoms with Crippen LogP contribution in [0.1, 0.15) is 42.7 Å². The first kappa shape index (κ1) is 28.4. The molecule has 1 amide bonds. The Labute approximate surface area is 261 Å². The van der Waals surface area contributed by atoms with E-state index in [4.69, 9.17) is 21.3 Å². The molecule has 3 aliphatic heterocycles. The van der Waals surface area contributed by atoms with Gasteiger partial charge in [0, 0.05) is 38.0 Å². The zero-order chi connectivity index (χ0) is 30.9. The van der Waals surface area contributed by atoms with Crippen LogP contribution in [-0.4, -0.2) is 89.3 Å². The van der Waals surface area contributed by atoms with Crippen LogP contribution in [0.5, 0.6) is 6.01 Å². The van der Waals surface area contributed by atoms with E-state index in [1.807, 2.05) is 4.90 Å². The number of benzene rings is 2. The first-order valence-corrected chi connectivity index (χ1v) is 16.0. The number of carbonyl (C=O) groups excluding carboxylic acids is 1. The number of fused-ring (bicyclic) bond motifs is 5. The van der Waals surface area contributed by atoms with Crippen LogP contribution in [0.15, 0.2) is 48.8 Å². The maximum Gasteiger partial charge on any atom is 0.319 e. The number of hydrogen-bond acceptors (Lipinski definition) is 6. The van der Waals surface area contributed by atoms with Crippen molar-refractivity contribution in [2.45, 2.75) is 55.8 Å². The summed E-state index contributed by atoms with van der Waals surface area (Å²) in [5.41, 5.74) is 5.65. The molecule has 1 unspecified atom stereocenters. The Hall–Kier alpha value is -4.10. The van der Waals surface area contributed by atoms with E-state index < -0.39 is 23.9 Å². The van der Waals surface area contributed by atoms with Gasteiger partial charge < -0.3 is 19.4 Å². The molecule has 8 nitrogen and oxygen atoms in total. The van der Waals surface area contributed by atoms with Gasteiger partial charge in [-0.2, -0.15) is 9.97 Å². The van der Waals surface area contributed by atoms with Crippen LogP contribution in [-0.2, 0) is 11.2 Å². The van der Waals surface area contributed by atoms with Crippen molar-refractivity contribution in [1.82, 2.24) is 19.8 Å². The molecule has 8 rings (SSSR count). The summed E-state index contributed by atoms with van der Waals surface area (Å²) in [5.74, 6) is 0.263. The van der Waals surface area contributed by atoms with Crippen LogP contribution < -0.4 is 9.64 Å². The van der Waals surface area contributed by atoms with E-state index >= 15 is 0 Å². The fourth-order valence-corrected chi connectivity index (χ4v) is 8.54. The third kappa shape index (κ3) is 4.83. The molecule has 10 heteroatoms. The summed E-state index contributed by atoms with van der Waals surface area (Å²) in [4.78, 5) is 31.5. The highest BCUT2D eigenvalue weighted by Crippen LogP contribution is 2.58. The number of hydrogen-bond donors (Lipinski definition) is 0. The van der Waals surface area contributed by atoms with Crippen molar-refractivity contribution in [1.29, 1.82) is 0 Å². The molecule has 2 aliphatic carbocycles. The van der Waals surface area contributed by atoms with Crippen molar-refractivity contribution in [3.05, 3.63) is 71.3 Å². The van der Waals surface area contributed by atoms with Crippen LogP contribution in [0.2, 0.25) is 0 Å². The second-order valence-corrected chi connectivity index (χ2v) is 13.5. The summed E-state index contributed by atoms with van der Waals surface area (Å²) in [7, 11) is 0. The van der Waals surface area contributed by atoms with Gasteiger partial charge in [-0.1, -0.05) is 30.8 Å². The van der Waals surface area contributed by atoms with Gasteiger partial charge >= 0.3 is 6.01 Å². The van der Waals surface area contributed by atoms with Crippen LogP contribution in [0, 0.1) is 12.5 Å². The largest absolute Gasteiger partial charge is 0.461 e. The molecule has 0 radical (unpaired) electrons. The minimum absolute atomic E-state index is 0.0378. The fraction of sp³-hybridized carbons (Fsp3) is 0.486. The van der Waals surface area contributed by atoms with Gasteiger partial charge in [-0.3, -0.25) is 9.69 Å². The van der Waals surface area contributed by atoms with Crippen molar-refractivity contribution in [2.75, 3.05) is 50.8 Å². The standard InChI is InChI=1S/C35H36F2N6O2/c1-21(36)33(44)43-12-11-41(19-26(43)17-38-2)32-28-8-7-22(27-6-3-5-23-13-24-14-29(24)31(23)27)15-30(28)39-34(40-32)45-20-35-9-4-10-42(35)18-25(37)16-35/h3,5-8,15,24-26,29H,1,4,9-14,16-20H2/t24-,25-,26+,29+,35?/m1/s1. The van der Waals surface area contributed by atoms with E-state index in [9.17, 15) is 13.6 Å². The van der Waals surface area contributed by atoms with Crippen molar-refractivity contribution in [3.8, 4) is 17.1 Å². The maximum absolute atomic E-state index is 14.5. The fourth-order valence-electron chi connectivity index (χ4n) is 8.54. The van der Waals surface area contributed by atoms with Crippen molar-refractivity contribution in [2.24, 2.45) is 5.92 Å². The van der Waals surface area contributed by atoms with Crippen LogP contribution in [0.3, 0.4) is 0 Å². The molecule has 5 atom stereocenters. The van der Waals surface area contributed by atoms with Crippen LogP contribution in [0.4, 0.5) is 14.6 Å². The quantitative estimate of drug-likeness (QED) is 0.266. The number of halogens is 2. The third-order valence-electron chi connectivity index (χ3n) is 10.7. The number of ether oxygens (including phenoxy) is 1. The van der Waals surface area contributed by atoms with E-state index in [-0.39, 0.29) is 24.6 Å². The van der Waals surface area contributed by atoms with E-state index in [0.29, 0.717) is 44.4 Å². The molecule has 0 N–H and O–H groups in total.